The molecule has 8 nitrogen and oxygen atoms in total. The topological polar surface area (TPSA) is 109 Å². The summed E-state index contributed by atoms with van der Waals surface area (Å²) in [6.07, 6.45) is -4.53. The van der Waals surface area contributed by atoms with Gasteiger partial charge in [0, 0.05) is 11.3 Å². The molecule has 1 amide bonds. The lowest BCUT2D eigenvalue weighted by Crippen LogP contribution is -2.19. The van der Waals surface area contributed by atoms with E-state index in [2.05, 4.69) is 15.2 Å². The number of aryl methyl sites for hydroxylation is 1. The smallest absolute Gasteiger partial charge is 0.435 e. The van der Waals surface area contributed by atoms with Crippen molar-refractivity contribution in [3.05, 3.63) is 47.6 Å². The molecule has 0 fully saturated rings. The normalized spacial score (nSPS) is 12.8. The molecular weight excluding hydrogens is 379 g/mol. The van der Waals surface area contributed by atoms with E-state index >= 15 is 0 Å². The molecule has 0 spiro atoms. The summed E-state index contributed by atoms with van der Waals surface area (Å²) >= 11 is 0. The highest BCUT2D eigenvalue weighted by molar-refractivity contribution is 5.75. The van der Waals surface area contributed by atoms with Gasteiger partial charge in [-0.2, -0.15) is 23.3 Å². The van der Waals surface area contributed by atoms with E-state index in [1.54, 1.807) is 31.2 Å². The highest BCUT2D eigenvalue weighted by Crippen LogP contribution is 2.30. The fraction of sp³-hybridized carbons (Fsp3) is 0.294. The number of hydrogen-bond acceptors (Lipinski definition) is 6. The first kappa shape index (κ1) is 19.4. The molecule has 0 radical (unpaired) electrons. The molecule has 2 heterocycles. The zero-order valence-electron chi connectivity index (χ0n) is 14.9. The Balaban J connectivity index is 1.78. The van der Waals surface area contributed by atoms with Crippen molar-refractivity contribution in [2.75, 3.05) is 6.61 Å². The maximum Gasteiger partial charge on any atom is 0.435 e. The SMILES string of the molecule is Cc1cc(C(F)(F)F)nn1C(C)c1nc(-c2ccc(OCC(N)=O)cc2)no1. The molecule has 148 valence electrons. The van der Waals surface area contributed by atoms with Crippen LogP contribution in [0.2, 0.25) is 0 Å². The van der Waals surface area contributed by atoms with Crippen LogP contribution in [0.5, 0.6) is 5.75 Å². The van der Waals surface area contributed by atoms with Gasteiger partial charge in [0.25, 0.3) is 11.8 Å². The summed E-state index contributed by atoms with van der Waals surface area (Å²) in [4.78, 5) is 15.0. The lowest BCUT2D eigenvalue weighted by atomic mass is 10.2. The molecule has 1 unspecified atom stereocenters. The quantitative estimate of drug-likeness (QED) is 0.687. The van der Waals surface area contributed by atoms with Crippen molar-refractivity contribution >= 4 is 5.91 Å². The Hall–Kier alpha value is -3.37. The number of alkyl halides is 3. The summed E-state index contributed by atoms with van der Waals surface area (Å²) in [7, 11) is 0. The molecule has 0 saturated heterocycles. The van der Waals surface area contributed by atoms with Gasteiger partial charge in [-0.25, -0.2) is 0 Å². The molecule has 0 aliphatic rings. The Morgan fingerprint density at radius 1 is 1.32 bits per heavy atom. The number of carbonyl (C=O) groups excluding carboxylic acids is 1. The zero-order chi connectivity index (χ0) is 20.5. The number of nitrogens with two attached hydrogens (primary N) is 1. The van der Waals surface area contributed by atoms with Crippen molar-refractivity contribution in [1.82, 2.24) is 19.9 Å². The molecule has 0 aliphatic heterocycles. The van der Waals surface area contributed by atoms with Crippen molar-refractivity contribution < 1.29 is 27.2 Å². The van der Waals surface area contributed by atoms with Crippen LogP contribution in [0.4, 0.5) is 13.2 Å². The molecular formula is C17H16F3N5O3. The summed E-state index contributed by atoms with van der Waals surface area (Å²) in [6.45, 7) is 2.88. The average Bonchev–Trinajstić information content (AvgIpc) is 3.26. The zero-order valence-corrected chi connectivity index (χ0v) is 14.9. The molecule has 11 heteroatoms. The maximum absolute atomic E-state index is 12.8. The first-order chi connectivity index (χ1) is 13.1. The van der Waals surface area contributed by atoms with Gasteiger partial charge >= 0.3 is 6.18 Å². The fourth-order valence-electron chi connectivity index (χ4n) is 2.50. The van der Waals surface area contributed by atoms with Crippen LogP contribution >= 0.6 is 0 Å². The number of hydrogen-bond donors (Lipinski definition) is 1. The van der Waals surface area contributed by atoms with E-state index < -0.39 is 23.8 Å². The fourth-order valence-corrected chi connectivity index (χ4v) is 2.50. The Kier molecular flexibility index (Phi) is 5.08. The molecule has 2 aromatic heterocycles. The third-order valence-corrected chi connectivity index (χ3v) is 3.87. The van der Waals surface area contributed by atoms with E-state index in [9.17, 15) is 18.0 Å². The summed E-state index contributed by atoms with van der Waals surface area (Å²) in [5.41, 5.74) is 4.94. The Morgan fingerprint density at radius 3 is 2.57 bits per heavy atom. The third kappa shape index (κ3) is 4.13. The molecule has 28 heavy (non-hydrogen) atoms. The minimum atomic E-state index is -4.53. The van der Waals surface area contributed by atoms with E-state index in [1.165, 1.54) is 11.6 Å². The van der Waals surface area contributed by atoms with E-state index in [4.69, 9.17) is 15.0 Å². The van der Waals surface area contributed by atoms with Gasteiger partial charge in [0.1, 0.15) is 11.8 Å². The summed E-state index contributed by atoms with van der Waals surface area (Å²) in [5, 5.41) is 7.45. The van der Waals surface area contributed by atoms with Gasteiger partial charge < -0.3 is 15.0 Å². The van der Waals surface area contributed by atoms with Crippen molar-refractivity contribution in [2.24, 2.45) is 5.73 Å². The monoisotopic (exact) mass is 395 g/mol. The first-order valence-corrected chi connectivity index (χ1v) is 8.13. The third-order valence-electron chi connectivity index (χ3n) is 3.87. The van der Waals surface area contributed by atoms with Crippen LogP contribution in [0.25, 0.3) is 11.4 Å². The molecule has 0 saturated carbocycles. The summed E-state index contributed by atoms with van der Waals surface area (Å²) in [5.74, 6) is 0.211. The highest BCUT2D eigenvalue weighted by atomic mass is 19.4. The van der Waals surface area contributed by atoms with Gasteiger partial charge in [0.05, 0.1) is 0 Å². The molecule has 1 aromatic carbocycles. The van der Waals surface area contributed by atoms with Crippen molar-refractivity contribution in [1.29, 1.82) is 0 Å². The second-order valence-electron chi connectivity index (χ2n) is 6.02. The number of aromatic nitrogens is 4. The van der Waals surface area contributed by atoms with Gasteiger partial charge in [-0.1, -0.05) is 5.16 Å². The lowest BCUT2D eigenvalue weighted by Gasteiger charge is -2.09. The molecule has 3 rings (SSSR count). The number of primary amides is 1. The maximum atomic E-state index is 12.8. The molecule has 0 bridgehead atoms. The molecule has 1 atom stereocenters. The van der Waals surface area contributed by atoms with Gasteiger partial charge in [0.2, 0.25) is 5.82 Å². The largest absolute Gasteiger partial charge is 0.484 e. The lowest BCUT2D eigenvalue weighted by molar-refractivity contribution is -0.141. The second-order valence-corrected chi connectivity index (χ2v) is 6.02. The number of halogens is 3. The van der Waals surface area contributed by atoms with E-state index in [0.29, 0.717) is 17.0 Å². The van der Waals surface area contributed by atoms with Crippen LogP contribution in [0.15, 0.2) is 34.9 Å². The predicted octanol–water partition coefficient (Wildman–Crippen LogP) is 2.73. The van der Waals surface area contributed by atoms with Crippen molar-refractivity contribution in [3.63, 3.8) is 0 Å². The molecule has 2 N–H and O–H groups in total. The standard InChI is InChI=1S/C17H16F3N5O3/c1-9-7-13(17(18,19)20)23-25(9)10(2)16-22-15(24-28-16)11-3-5-12(6-4-11)27-8-14(21)26/h3-7,10H,8H2,1-2H3,(H2,21,26). The van der Waals surface area contributed by atoms with E-state index in [0.717, 1.165) is 6.07 Å². The number of ether oxygens (including phenoxy) is 1. The number of nitrogens with zero attached hydrogens (tertiary/aromatic N) is 4. The van der Waals surface area contributed by atoms with Gasteiger partial charge in [-0.15, -0.1) is 0 Å². The number of carbonyl (C=O) groups is 1. The van der Waals surface area contributed by atoms with Crippen LogP contribution in [0.1, 0.15) is 30.2 Å². The van der Waals surface area contributed by atoms with E-state index in [-0.39, 0.29) is 18.3 Å². The van der Waals surface area contributed by atoms with Gasteiger partial charge in [-0.3, -0.25) is 9.48 Å². The first-order valence-electron chi connectivity index (χ1n) is 8.13. The molecule has 0 aliphatic carbocycles. The highest BCUT2D eigenvalue weighted by Gasteiger charge is 2.35. The van der Waals surface area contributed by atoms with Gasteiger partial charge in [0.15, 0.2) is 12.3 Å². The average molecular weight is 395 g/mol. The Bertz CT molecular complexity index is 979. The minimum Gasteiger partial charge on any atom is -0.484 e. The van der Waals surface area contributed by atoms with Gasteiger partial charge in [-0.05, 0) is 44.2 Å². The number of rotatable bonds is 6. The van der Waals surface area contributed by atoms with Crippen molar-refractivity contribution in [2.45, 2.75) is 26.1 Å². The van der Waals surface area contributed by atoms with Crippen LogP contribution in [0.3, 0.4) is 0 Å². The summed E-state index contributed by atoms with van der Waals surface area (Å²) in [6, 6.07) is 6.78. The van der Waals surface area contributed by atoms with Crippen molar-refractivity contribution in [3.8, 4) is 17.1 Å². The van der Waals surface area contributed by atoms with Crippen LogP contribution in [-0.4, -0.2) is 32.4 Å². The molecule has 3 aromatic rings. The Labute approximate surface area is 157 Å². The number of benzene rings is 1. The van der Waals surface area contributed by atoms with E-state index in [1.807, 2.05) is 0 Å². The Morgan fingerprint density at radius 2 is 2.00 bits per heavy atom. The van der Waals surface area contributed by atoms with Crippen LogP contribution in [-0.2, 0) is 11.0 Å². The minimum absolute atomic E-state index is 0.115. The number of amides is 1. The summed E-state index contributed by atoms with van der Waals surface area (Å²) < 4.78 is 50.1. The second kappa shape index (κ2) is 7.33. The predicted molar refractivity (Wildman–Crippen MR) is 90.2 cm³/mol. The van der Waals surface area contributed by atoms with Crippen LogP contribution < -0.4 is 10.5 Å². The van der Waals surface area contributed by atoms with Crippen LogP contribution in [0, 0.1) is 6.92 Å².